The Balaban J connectivity index is 1.28. The van der Waals surface area contributed by atoms with E-state index in [4.69, 9.17) is 4.74 Å². The molecule has 2 aromatic heterocycles. The Labute approximate surface area is 204 Å². The molecule has 3 aromatic rings. The van der Waals surface area contributed by atoms with Crippen LogP contribution in [0.25, 0.3) is 5.69 Å². The fourth-order valence-corrected chi connectivity index (χ4v) is 5.23. The summed E-state index contributed by atoms with van der Waals surface area (Å²) in [5.74, 6) is 0.0675. The summed E-state index contributed by atoms with van der Waals surface area (Å²) in [5, 5.41) is 8.59. The number of aromatic nitrogens is 4. The number of ether oxygens (including phenoxy) is 1. The molecule has 3 heterocycles. The lowest BCUT2D eigenvalue weighted by Gasteiger charge is -2.26. The molecule has 0 atom stereocenters. The fraction of sp³-hybridized carbons (Fsp3) is 0.417. The Bertz CT molecular complexity index is 1330. The van der Waals surface area contributed by atoms with Gasteiger partial charge >= 0.3 is 5.97 Å². The first-order chi connectivity index (χ1) is 16.8. The third-order valence-electron chi connectivity index (χ3n) is 5.87. The summed E-state index contributed by atoms with van der Waals surface area (Å²) in [6.07, 6.45) is 6.23. The van der Waals surface area contributed by atoms with E-state index in [1.807, 2.05) is 37.5 Å². The SMILES string of the molecule is Cn1cc(-n2ccc(=O)c(Cc3cccc(CC(=O)OCCCN4CCS(=O)(=O)CC4)c3)n2)cn1. The van der Waals surface area contributed by atoms with Gasteiger partial charge in [-0.3, -0.25) is 14.3 Å². The summed E-state index contributed by atoms with van der Waals surface area (Å²) >= 11 is 0. The van der Waals surface area contributed by atoms with Gasteiger partial charge in [-0.05, 0) is 17.5 Å². The number of esters is 1. The fourth-order valence-electron chi connectivity index (χ4n) is 3.95. The molecule has 1 aliphatic rings. The maximum Gasteiger partial charge on any atom is 0.310 e. The van der Waals surface area contributed by atoms with Crippen LogP contribution in [-0.2, 0) is 39.3 Å². The molecule has 4 rings (SSSR count). The maximum atomic E-state index is 12.4. The molecular weight excluding hydrogens is 470 g/mol. The number of sulfone groups is 1. The monoisotopic (exact) mass is 499 g/mol. The summed E-state index contributed by atoms with van der Waals surface area (Å²) in [6.45, 7) is 2.07. The summed E-state index contributed by atoms with van der Waals surface area (Å²) in [5.41, 5.74) is 2.69. The minimum atomic E-state index is -2.89. The highest BCUT2D eigenvalue weighted by molar-refractivity contribution is 7.91. The van der Waals surface area contributed by atoms with Gasteiger partial charge in [-0.25, -0.2) is 13.1 Å². The number of aryl methyl sites for hydroxylation is 1. The molecule has 1 aromatic carbocycles. The van der Waals surface area contributed by atoms with Crippen LogP contribution in [0.5, 0.6) is 0 Å². The van der Waals surface area contributed by atoms with Crippen LogP contribution in [0.3, 0.4) is 0 Å². The van der Waals surface area contributed by atoms with Crippen molar-refractivity contribution in [3.63, 3.8) is 0 Å². The van der Waals surface area contributed by atoms with Gasteiger partial charge in [0.15, 0.2) is 9.84 Å². The second kappa shape index (κ2) is 11.0. The smallest absolute Gasteiger partial charge is 0.310 e. The van der Waals surface area contributed by atoms with E-state index in [0.29, 0.717) is 44.8 Å². The Morgan fingerprint density at radius 3 is 2.66 bits per heavy atom. The van der Waals surface area contributed by atoms with E-state index in [1.54, 1.807) is 21.8 Å². The average Bonchev–Trinajstić information content (AvgIpc) is 3.25. The molecule has 1 saturated heterocycles. The van der Waals surface area contributed by atoms with Crippen LogP contribution in [0.1, 0.15) is 23.2 Å². The normalized spacial score (nSPS) is 15.7. The molecule has 11 heteroatoms. The van der Waals surface area contributed by atoms with Gasteiger partial charge in [0.05, 0.1) is 36.9 Å². The first kappa shape index (κ1) is 24.8. The highest BCUT2D eigenvalue weighted by Gasteiger charge is 2.21. The van der Waals surface area contributed by atoms with Gasteiger partial charge in [-0.1, -0.05) is 24.3 Å². The molecule has 0 aliphatic carbocycles. The predicted molar refractivity (Wildman–Crippen MR) is 130 cm³/mol. The summed E-state index contributed by atoms with van der Waals surface area (Å²) in [6, 6.07) is 8.98. The molecule has 0 bridgehead atoms. The Hall–Kier alpha value is -3.31. The minimum absolute atomic E-state index is 0.137. The number of carbonyl (C=O) groups is 1. The quantitative estimate of drug-likeness (QED) is 0.313. The Morgan fingerprint density at radius 2 is 1.91 bits per heavy atom. The van der Waals surface area contributed by atoms with E-state index in [2.05, 4.69) is 15.1 Å². The lowest BCUT2D eigenvalue weighted by molar-refractivity contribution is -0.143. The number of hydrogen-bond acceptors (Lipinski definition) is 8. The van der Waals surface area contributed by atoms with Crippen LogP contribution in [0.2, 0.25) is 0 Å². The van der Waals surface area contributed by atoms with Crippen LogP contribution in [0.15, 0.2) is 53.7 Å². The zero-order valence-electron chi connectivity index (χ0n) is 19.7. The first-order valence-electron chi connectivity index (χ1n) is 11.5. The van der Waals surface area contributed by atoms with Crippen molar-refractivity contribution in [3.8, 4) is 5.69 Å². The zero-order chi connectivity index (χ0) is 24.8. The molecule has 0 spiro atoms. The van der Waals surface area contributed by atoms with Crippen LogP contribution in [-0.4, -0.2) is 76.6 Å². The van der Waals surface area contributed by atoms with Crippen molar-refractivity contribution >= 4 is 15.8 Å². The number of rotatable bonds is 9. The van der Waals surface area contributed by atoms with Gasteiger partial charge in [0, 0.05) is 45.4 Å². The number of benzene rings is 1. The third kappa shape index (κ3) is 7.09. The predicted octanol–water partition coefficient (Wildman–Crippen LogP) is 0.763. The van der Waals surface area contributed by atoms with Crippen LogP contribution in [0.4, 0.5) is 0 Å². The van der Waals surface area contributed by atoms with Crippen molar-refractivity contribution in [2.45, 2.75) is 19.3 Å². The van der Waals surface area contributed by atoms with Crippen molar-refractivity contribution in [1.29, 1.82) is 0 Å². The highest BCUT2D eigenvalue weighted by Crippen LogP contribution is 2.11. The lowest BCUT2D eigenvalue weighted by Crippen LogP contribution is -2.40. The first-order valence-corrected chi connectivity index (χ1v) is 13.3. The molecule has 0 saturated carbocycles. The van der Waals surface area contributed by atoms with E-state index < -0.39 is 9.84 Å². The molecule has 0 amide bonds. The second-order valence-electron chi connectivity index (χ2n) is 8.68. The summed E-state index contributed by atoms with van der Waals surface area (Å²) in [7, 11) is -1.08. The summed E-state index contributed by atoms with van der Waals surface area (Å²) < 4.78 is 31.6. The molecule has 0 radical (unpaired) electrons. The van der Waals surface area contributed by atoms with Gasteiger partial charge in [-0.15, -0.1) is 0 Å². The van der Waals surface area contributed by atoms with E-state index in [1.165, 1.54) is 6.07 Å². The molecule has 35 heavy (non-hydrogen) atoms. The molecule has 0 unspecified atom stereocenters. The van der Waals surface area contributed by atoms with Crippen molar-refractivity contribution in [2.75, 3.05) is 37.7 Å². The van der Waals surface area contributed by atoms with Crippen molar-refractivity contribution in [2.24, 2.45) is 7.05 Å². The largest absolute Gasteiger partial charge is 0.465 e. The highest BCUT2D eigenvalue weighted by atomic mass is 32.2. The second-order valence-corrected chi connectivity index (χ2v) is 11.0. The molecule has 1 aliphatic heterocycles. The van der Waals surface area contributed by atoms with Gasteiger partial charge in [0.2, 0.25) is 5.43 Å². The van der Waals surface area contributed by atoms with Crippen LogP contribution < -0.4 is 5.43 Å². The van der Waals surface area contributed by atoms with Crippen molar-refractivity contribution in [1.82, 2.24) is 24.5 Å². The Kier molecular flexibility index (Phi) is 7.76. The lowest BCUT2D eigenvalue weighted by atomic mass is 10.0. The van der Waals surface area contributed by atoms with E-state index >= 15 is 0 Å². The molecule has 1 fully saturated rings. The summed E-state index contributed by atoms with van der Waals surface area (Å²) in [4.78, 5) is 26.7. The van der Waals surface area contributed by atoms with Gasteiger partial charge in [0.1, 0.15) is 11.4 Å². The van der Waals surface area contributed by atoms with Crippen LogP contribution >= 0.6 is 0 Å². The van der Waals surface area contributed by atoms with Crippen molar-refractivity contribution < 1.29 is 17.9 Å². The van der Waals surface area contributed by atoms with Gasteiger partial charge < -0.3 is 9.64 Å². The van der Waals surface area contributed by atoms with Crippen LogP contribution in [0, 0.1) is 0 Å². The zero-order valence-corrected chi connectivity index (χ0v) is 20.5. The number of nitrogens with zero attached hydrogens (tertiary/aromatic N) is 5. The maximum absolute atomic E-state index is 12.4. The van der Waals surface area contributed by atoms with E-state index in [0.717, 1.165) is 16.8 Å². The molecule has 186 valence electrons. The standard InChI is InChI=1S/C24H29N5O5S/c1-27-18-21(17-25-27)29-8-6-23(30)22(26-29)15-19-4-2-5-20(14-19)16-24(31)34-11-3-7-28-9-12-35(32,33)13-10-28/h2,4-6,8,14,17-18H,3,7,9-13,15-16H2,1H3. The average molecular weight is 500 g/mol. The van der Waals surface area contributed by atoms with Crippen molar-refractivity contribution in [3.05, 3.63) is 76.0 Å². The Morgan fingerprint density at radius 1 is 1.14 bits per heavy atom. The van der Waals surface area contributed by atoms with Gasteiger partial charge in [-0.2, -0.15) is 10.2 Å². The molecule has 10 nitrogen and oxygen atoms in total. The minimum Gasteiger partial charge on any atom is -0.465 e. The third-order valence-corrected chi connectivity index (χ3v) is 7.48. The van der Waals surface area contributed by atoms with E-state index in [-0.39, 0.29) is 29.3 Å². The number of carbonyl (C=O) groups excluding carboxylic acids is 1. The number of hydrogen-bond donors (Lipinski definition) is 0. The molecule has 0 N–H and O–H groups in total. The van der Waals surface area contributed by atoms with E-state index in [9.17, 15) is 18.0 Å². The van der Waals surface area contributed by atoms with Gasteiger partial charge in [0.25, 0.3) is 0 Å². The molecular formula is C24H29N5O5S. The topological polar surface area (TPSA) is 116 Å².